The summed E-state index contributed by atoms with van der Waals surface area (Å²) in [5.74, 6) is -0.662. The van der Waals surface area contributed by atoms with E-state index < -0.39 is 18.2 Å². The summed E-state index contributed by atoms with van der Waals surface area (Å²) >= 11 is 0. The third-order valence-electron chi connectivity index (χ3n) is 11.6. The summed E-state index contributed by atoms with van der Waals surface area (Å²) in [7, 11) is 0. The number of nitrogens with one attached hydrogen (secondary N) is 1. The van der Waals surface area contributed by atoms with Gasteiger partial charge in [0.2, 0.25) is 5.91 Å². The lowest BCUT2D eigenvalue weighted by molar-refractivity contribution is -0.148. The Morgan fingerprint density at radius 1 is 0.470 bits per heavy atom. The molecule has 0 heterocycles. The molecule has 6 heteroatoms. The quantitative estimate of drug-likeness (QED) is 0.0321. The van der Waals surface area contributed by atoms with E-state index in [1.807, 2.05) is 6.08 Å². The van der Waals surface area contributed by atoms with Crippen LogP contribution in [0, 0.1) is 0 Å². The molecule has 3 N–H and O–H groups in total. The fourth-order valence-corrected chi connectivity index (χ4v) is 7.49. The smallest absolute Gasteiger partial charge is 0.306 e. The number of rotatable bonds is 47. The molecule has 66 heavy (non-hydrogen) atoms. The molecule has 0 aromatic heterocycles. The van der Waals surface area contributed by atoms with E-state index >= 15 is 0 Å². The molecule has 0 spiro atoms. The van der Waals surface area contributed by atoms with Crippen molar-refractivity contribution in [3.63, 3.8) is 0 Å². The first-order valence-corrected chi connectivity index (χ1v) is 27.1. The molecule has 0 fully saturated rings. The van der Waals surface area contributed by atoms with Crippen LogP contribution >= 0.6 is 0 Å². The normalized spacial score (nSPS) is 14.1. The molecule has 3 unspecified atom stereocenters. The Bertz CT molecular complexity index is 1350. The van der Waals surface area contributed by atoms with Crippen molar-refractivity contribution >= 4 is 11.9 Å². The number of esters is 1. The van der Waals surface area contributed by atoms with Crippen molar-refractivity contribution in [3.8, 4) is 0 Å². The van der Waals surface area contributed by atoms with Crippen LogP contribution in [0.2, 0.25) is 0 Å². The van der Waals surface area contributed by atoms with Gasteiger partial charge in [-0.15, -0.1) is 0 Å². The molecule has 0 saturated heterocycles. The molecule has 0 aliphatic rings. The van der Waals surface area contributed by atoms with Crippen LogP contribution in [0.4, 0.5) is 0 Å². The average Bonchev–Trinajstić information content (AvgIpc) is 3.31. The third kappa shape index (κ3) is 47.0. The second-order valence-electron chi connectivity index (χ2n) is 17.9. The molecule has 0 aliphatic carbocycles. The standard InChI is InChI=1S/C60H101NO5/c1-4-7-10-13-16-19-22-25-27-29-31-34-36-39-42-45-48-51-56(66-60(65)53-50-47-44-41-38-35-32-30-28-26-23-20-17-14-11-8-5-2)54-59(64)61-57(55-62)58(63)52-49-46-43-40-37-33-24-21-18-15-12-9-6-3/h7,10,16-17,19-20,25-28,31-32,34-35,39,42,48,51,56-58,62-63H,4-6,8-9,11-15,18,21-24,29-30,33,36-38,40-41,43-47,49-50,52-55H2,1-3H3,(H,61,64)/b10-7-,19-16-,20-17-,27-25-,28-26-,34-31-,35-32-,42-39-,51-48-. The van der Waals surface area contributed by atoms with Gasteiger partial charge in [0.25, 0.3) is 0 Å². The number of allylic oxidation sites excluding steroid dienone is 17. The molecule has 1 amide bonds. The van der Waals surface area contributed by atoms with Crippen LogP contribution in [-0.2, 0) is 14.3 Å². The highest BCUT2D eigenvalue weighted by atomic mass is 16.5. The summed E-state index contributed by atoms with van der Waals surface area (Å²) < 4.78 is 5.83. The molecule has 3 atom stereocenters. The Labute approximate surface area is 407 Å². The number of unbranched alkanes of at least 4 members (excludes halogenated alkanes) is 19. The monoisotopic (exact) mass is 916 g/mol. The van der Waals surface area contributed by atoms with Crippen molar-refractivity contribution in [3.05, 3.63) is 109 Å². The Morgan fingerprint density at radius 2 is 0.848 bits per heavy atom. The first-order valence-electron chi connectivity index (χ1n) is 27.1. The van der Waals surface area contributed by atoms with Crippen molar-refractivity contribution in [1.82, 2.24) is 5.32 Å². The van der Waals surface area contributed by atoms with Crippen LogP contribution < -0.4 is 5.32 Å². The molecule has 0 radical (unpaired) electrons. The maximum Gasteiger partial charge on any atom is 0.306 e. The summed E-state index contributed by atoms with van der Waals surface area (Å²) in [5, 5.41) is 23.7. The Balaban J connectivity index is 4.82. The predicted molar refractivity (Wildman–Crippen MR) is 287 cm³/mol. The molecule has 376 valence electrons. The van der Waals surface area contributed by atoms with Crippen LogP contribution in [-0.4, -0.2) is 46.9 Å². The minimum absolute atomic E-state index is 0.0624. The minimum atomic E-state index is -0.830. The molecule has 0 saturated carbocycles. The summed E-state index contributed by atoms with van der Waals surface area (Å²) in [5.41, 5.74) is 0. The molecule has 0 rings (SSSR count). The van der Waals surface area contributed by atoms with Gasteiger partial charge < -0.3 is 20.3 Å². The molecular weight excluding hydrogens is 815 g/mol. The van der Waals surface area contributed by atoms with Crippen LogP contribution in [0.25, 0.3) is 0 Å². The zero-order valence-electron chi connectivity index (χ0n) is 42.8. The number of hydrogen-bond acceptors (Lipinski definition) is 5. The first kappa shape index (κ1) is 62.5. The average molecular weight is 916 g/mol. The summed E-state index contributed by atoms with van der Waals surface area (Å²) in [6.45, 7) is 6.30. The van der Waals surface area contributed by atoms with E-state index in [0.717, 1.165) is 96.3 Å². The van der Waals surface area contributed by atoms with E-state index in [1.54, 1.807) is 6.08 Å². The highest BCUT2D eigenvalue weighted by Gasteiger charge is 2.23. The van der Waals surface area contributed by atoms with Crippen molar-refractivity contribution in [2.24, 2.45) is 0 Å². The van der Waals surface area contributed by atoms with Gasteiger partial charge in [-0.25, -0.2) is 0 Å². The van der Waals surface area contributed by atoms with Crippen molar-refractivity contribution in [1.29, 1.82) is 0 Å². The fourth-order valence-electron chi connectivity index (χ4n) is 7.49. The lowest BCUT2D eigenvalue weighted by Crippen LogP contribution is -2.46. The number of carbonyl (C=O) groups excluding carboxylic acids is 2. The van der Waals surface area contributed by atoms with E-state index in [2.05, 4.69) is 123 Å². The second kappa shape index (κ2) is 52.5. The van der Waals surface area contributed by atoms with Gasteiger partial charge in [-0.05, 0) is 96.0 Å². The lowest BCUT2D eigenvalue weighted by atomic mass is 10.0. The Hall–Kier alpha value is -3.48. The van der Waals surface area contributed by atoms with E-state index in [0.29, 0.717) is 19.3 Å². The molecule has 0 aliphatic heterocycles. The van der Waals surface area contributed by atoms with Gasteiger partial charge in [0.05, 0.1) is 25.2 Å². The largest absolute Gasteiger partial charge is 0.458 e. The van der Waals surface area contributed by atoms with Gasteiger partial charge in [-0.1, -0.05) is 233 Å². The minimum Gasteiger partial charge on any atom is -0.458 e. The zero-order valence-corrected chi connectivity index (χ0v) is 42.8. The zero-order chi connectivity index (χ0) is 48.1. The predicted octanol–water partition coefficient (Wildman–Crippen LogP) is 16.7. The molecule has 0 aromatic rings. The summed E-state index contributed by atoms with van der Waals surface area (Å²) in [6.07, 6.45) is 71.7. The molecule has 0 bridgehead atoms. The maximum atomic E-state index is 13.2. The number of hydrogen-bond donors (Lipinski definition) is 3. The van der Waals surface area contributed by atoms with Gasteiger partial charge in [0.15, 0.2) is 0 Å². The number of carbonyl (C=O) groups is 2. The van der Waals surface area contributed by atoms with E-state index in [-0.39, 0.29) is 24.9 Å². The Morgan fingerprint density at radius 3 is 1.32 bits per heavy atom. The lowest BCUT2D eigenvalue weighted by Gasteiger charge is -2.23. The maximum absolute atomic E-state index is 13.2. The molecule has 6 nitrogen and oxygen atoms in total. The van der Waals surface area contributed by atoms with Crippen molar-refractivity contribution in [2.45, 2.75) is 251 Å². The highest BCUT2D eigenvalue weighted by Crippen LogP contribution is 2.15. The van der Waals surface area contributed by atoms with Gasteiger partial charge in [0.1, 0.15) is 6.10 Å². The van der Waals surface area contributed by atoms with Gasteiger partial charge in [0, 0.05) is 6.42 Å². The van der Waals surface area contributed by atoms with E-state index in [4.69, 9.17) is 4.74 Å². The number of aliphatic hydroxyl groups is 2. The van der Waals surface area contributed by atoms with Gasteiger partial charge in [-0.3, -0.25) is 9.59 Å². The van der Waals surface area contributed by atoms with Gasteiger partial charge >= 0.3 is 5.97 Å². The highest BCUT2D eigenvalue weighted by molar-refractivity contribution is 5.78. The number of ether oxygens (including phenoxy) is 1. The summed E-state index contributed by atoms with van der Waals surface area (Å²) in [4.78, 5) is 26.1. The third-order valence-corrected chi connectivity index (χ3v) is 11.6. The summed E-state index contributed by atoms with van der Waals surface area (Å²) in [6, 6.07) is -0.755. The fraction of sp³-hybridized carbons (Fsp3) is 0.667. The molecular formula is C60H101NO5. The SMILES string of the molecule is CC/C=C\C/C=C\C/C=C\C/C=C\C/C=C\C/C=C\C(CC(=O)NC(CO)C(O)CCCCCCCCCCCCCCC)OC(=O)CCCCCC/C=C\C/C=C\C/C=C\CCCCC. The number of amides is 1. The van der Waals surface area contributed by atoms with Crippen LogP contribution in [0.1, 0.15) is 233 Å². The Kier molecular flexibility index (Phi) is 49.7. The van der Waals surface area contributed by atoms with Crippen molar-refractivity contribution < 1.29 is 24.5 Å². The van der Waals surface area contributed by atoms with Crippen molar-refractivity contribution in [2.75, 3.05) is 6.61 Å². The molecule has 0 aromatic carbocycles. The first-order chi connectivity index (χ1) is 32.5. The van der Waals surface area contributed by atoms with Gasteiger partial charge in [-0.2, -0.15) is 0 Å². The van der Waals surface area contributed by atoms with E-state index in [1.165, 1.54) is 89.9 Å². The second-order valence-corrected chi connectivity index (χ2v) is 17.9. The van der Waals surface area contributed by atoms with Crippen LogP contribution in [0.15, 0.2) is 109 Å². The van der Waals surface area contributed by atoms with E-state index in [9.17, 15) is 19.8 Å². The van der Waals surface area contributed by atoms with Crippen LogP contribution in [0.3, 0.4) is 0 Å². The number of aliphatic hydroxyl groups excluding tert-OH is 2. The topological polar surface area (TPSA) is 95.9 Å². The van der Waals surface area contributed by atoms with Crippen LogP contribution in [0.5, 0.6) is 0 Å².